The number of benzene rings is 2. The van der Waals surface area contributed by atoms with Crippen molar-refractivity contribution in [2.24, 2.45) is 9.98 Å². The second-order valence-corrected chi connectivity index (χ2v) is 9.46. The van der Waals surface area contributed by atoms with E-state index in [-0.39, 0.29) is 6.03 Å². The number of aliphatic imine (C=N–C) groups is 2. The van der Waals surface area contributed by atoms with Gasteiger partial charge in [-0.2, -0.15) is 0 Å². The lowest BCUT2D eigenvalue weighted by molar-refractivity contribution is 0.175. The zero-order valence-electron chi connectivity index (χ0n) is 17.9. The van der Waals surface area contributed by atoms with E-state index in [0.29, 0.717) is 36.6 Å². The molecule has 2 aliphatic heterocycles. The number of para-hydroxylation sites is 1. The first kappa shape index (κ1) is 21.9. The molecule has 1 fully saturated rings. The fourth-order valence-electron chi connectivity index (χ4n) is 3.77. The standard InChI is InChI=1S/C24H27ClN4OS/c1-3-16-31-22-21(18-10-8-17(2)9-11-18)27-24(28-22)12-14-29(15-13-24)23(30)26-20-7-5-4-6-19(20)25/h4-11H,3,12-16H2,1-2H3,(H,26,30). The number of urea groups is 1. The number of amides is 2. The highest BCUT2D eigenvalue weighted by Crippen LogP contribution is 2.36. The van der Waals surface area contributed by atoms with Gasteiger partial charge in [0.05, 0.1) is 16.4 Å². The smallest absolute Gasteiger partial charge is 0.321 e. The molecule has 2 amide bonds. The van der Waals surface area contributed by atoms with Crippen molar-refractivity contribution in [3.63, 3.8) is 0 Å². The molecule has 0 saturated carbocycles. The van der Waals surface area contributed by atoms with E-state index in [2.05, 4.69) is 43.4 Å². The predicted octanol–water partition coefficient (Wildman–Crippen LogP) is 6.02. The van der Waals surface area contributed by atoms with Crippen LogP contribution in [0, 0.1) is 6.92 Å². The summed E-state index contributed by atoms with van der Waals surface area (Å²) >= 11 is 7.96. The predicted molar refractivity (Wildman–Crippen MR) is 132 cm³/mol. The Kier molecular flexibility index (Phi) is 6.68. The maximum absolute atomic E-state index is 12.7. The van der Waals surface area contributed by atoms with Crippen molar-refractivity contribution < 1.29 is 4.79 Å². The molecule has 7 heteroatoms. The molecule has 2 heterocycles. The molecular formula is C24H27ClN4OS. The van der Waals surface area contributed by atoms with E-state index >= 15 is 0 Å². The number of hydrogen-bond acceptors (Lipinski definition) is 4. The van der Waals surface area contributed by atoms with E-state index in [1.807, 2.05) is 23.1 Å². The maximum atomic E-state index is 12.7. The highest BCUT2D eigenvalue weighted by Gasteiger charge is 2.40. The Balaban J connectivity index is 1.48. The van der Waals surface area contributed by atoms with Crippen LogP contribution in [0.15, 0.2) is 58.5 Å². The Morgan fingerprint density at radius 2 is 1.84 bits per heavy atom. The molecule has 0 aliphatic carbocycles. The van der Waals surface area contributed by atoms with Gasteiger partial charge in [0.1, 0.15) is 5.04 Å². The third-order valence-electron chi connectivity index (χ3n) is 5.57. The first-order valence-corrected chi connectivity index (χ1v) is 12.1. The van der Waals surface area contributed by atoms with Gasteiger partial charge in [-0.15, -0.1) is 11.8 Å². The molecule has 0 unspecified atom stereocenters. The fourth-order valence-corrected chi connectivity index (χ4v) is 4.89. The van der Waals surface area contributed by atoms with Crippen molar-refractivity contribution >= 4 is 45.8 Å². The van der Waals surface area contributed by atoms with Crippen LogP contribution in [0.5, 0.6) is 0 Å². The van der Waals surface area contributed by atoms with Crippen LogP contribution in [0.3, 0.4) is 0 Å². The molecule has 0 atom stereocenters. The molecule has 2 aromatic rings. The minimum absolute atomic E-state index is 0.131. The Hall–Kier alpha value is -2.31. The largest absolute Gasteiger partial charge is 0.324 e. The van der Waals surface area contributed by atoms with E-state index in [1.165, 1.54) is 5.56 Å². The number of piperidine rings is 1. The van der Waals surface area contributed by atoms with Gasteiger partial charge in [0, 0.05) is 31.5 Å². The molecule has 0 bridgehead atoms. The van der Waals surface area contributed by atoms with Crippen LogP contribution in [0.4, 0.5) is 10.5 Å². The topological polar surface area (TPSA) is 57.1 Å². The van der Waals surface area contributed by atoms with Crippen LogP contribution in [-0.2, 0) is 0 Å². The quantitative estimate of drug-likeness (QED) is 0.614. The van der Waals surface area contributed by atoms with Crippen molar-refractivity contribution in [3.05, 3.63) is 64.7 Å². The van der Waals surface area contributed by atoms with E-state index in [1.54, 1.807) is 17.8 Å². The minimum atomic E-state index is -0.461. The highest BCUT2D eigenvalue weighted by molar-refractivity contribution is 8.15. The lowest BCUT2D eigenvalue weighted by atomic mass is 9.98. The second-order valence-electron chi connectivity index (χ2n) is 7.97. The lowest BCUT2D eigenvalue weighted by Crippen LogP contribution is -2.46. The van der Waals surface area contributed by atoms with Gasteiger partial charge in [0.25, 0.3) is 0 Å². The van der Waals surface area contributed by atoms with Crippen molar-refractivity contribution in [1.82, 2.24) is 4.90 Å². The van der Waals surface area contributed by atoms with Crippen LogP contribution >= 0.6 is 23.4 Å². The number of hydrogen-bond donors (Lipinski definition) is 1. The Morgan fingerprint density at radius 3 is 2.52 bits per heavy atom. The molecule has 162 valence electrons. The number of thioether (sulfide) groups is 1. The van der Waals surface area contributed by atoms with Crippen molar-refractivity contribution in [1.29, 1.82) is 0 Å². The molecule has 2 aliphatic rings. The van der Waals surface area contributed by atoms with Crippen LogP contribution in [0.1, 0.15) is 37.3 Å². The Bertz CT molecular complexity index is 1010. The summed E-state index contributed by atoms with van der Waals surface area (Å²) in [5, 5.41) is 4.48. The molecule has 4 rings (SSSR count). The summed E-state index contributed by atoms with van der Waals surface area (Å²) in [7, 11) is 0. The number of anilines is 1. The molecule has 0 aromatic heterocycles. The van der Waals surface area contributed by atoms with Crippen molar-refractivity contribution in [3.8, 4) is 0 Å². The maximum Gasteiger partial charge on any atom is 0.321 e. The summed E-state index contributed by atoms with van der Waals surface area (Å²) < 4.78 is 0. The molecule has 1 spiro atoms. The SMILES string of the molecule is CCCSC1=NC2(CCN(C(=O)Nc3ccccc3Cl)CC2)N=C1c1ccc(C)cc1. The normalized spacial score (nSPS) is 17.5. The monoisotopic (exact) mass is 454 g/mol. The number of aryl methyl sites for hydroxylation is 1. The van der Waals surface area contributed by atoms with Gasteiger partial charge in [-0.3, -0.25) is 4.99 Å². The summed E-state index contributed by atoms with van der Waals surface area (Å²) in [6.07, 6.45) is 2.52. The van der Waals surface area contributed by atoms with Crippen LogP contribution < -0.4 is 5.32 Å². The fraction of sp³-hybridized carbons (Fsp3) is 0.375. The molecule has 31 heavy (non-hydrogen) atoms. The van der Waals surface area contributed by atoms with Gasteiger partial charge < -0.3 is 10.2 Å². The minimum Gasteiger partial charge on any atom is -0.324 e. The Labute approximate surface area is 193 Å². The molecule has 1 N–H and O–H groups in total. The average Bonchev–Trinajstić information content (AvgIpc) is 3.12. The zero-order valence-corrected chi connectivity index (χ0v) is 19.5. The number of halogens is 1. The van der Waals surface area contributed by atoms with Crippen molar-refractivity contribution in [2.45, 2.75) is 38.8 Å². The van der Waals surface area contributed by atoms with Gasteiger partial charge in [-0.05, 0) is 31.2 Å². The van der Waals surface area contributed by atoms with E-state index < -0.39 is 5.66 Å². The zero-order chi connectivity index (χ0) is 21.8. The molecular weight excluding hydrogens is 428 g/mol. The summed E-state index contributed by atoms with van der Waals surface area (Å²) in [6, 6.07) is 15.6. The third kappa shape index (κ3) is 4.96. The third-order valence-corrected chi connectivity index (χ3v) is 7.07. The van der Waals surface area contributed by atoms with Crippen LogP contribution in [-0.4, -0.2) is 46.2 Å². The van der Waals surface area contributed by atoms with Gasteiger partial charge in [0.2, 0.25) is 0 Å². The number of rotatable bonds is 4. The van der Waals surface area contributed by atoms with Gasteiger partial charge in [0.15, 0.2) is 5.66 Å². The van der Waals surface area contributed by atoms with Gasteiger partial charge in [-0.1, -0.05) is 60.5 Å². The molecule has 2 aromatic carbocycles. The van der Waals surface area contributed by atoms with Gasteiger partial charge >= 0.3 is 6.03 Å². The summed E-state index contributed by atoms with van der Waals surface area (Å²) in [5.74, 6) is 1.02. The number of carbonyl (C=O) groups excluding carboxylic acids is 1. The van der Waals surface area contributed by atoms with Gasteiger partial charge in [-0.25, -0.2) is 9.79 Å². The molecule has 5 nitrogen and oxygen atoms in total. The molecule has 1 saturated heterocycles. The first-order chi connectivity index (χ1) is 15.0. The Morgan fingerprint density at radius 1 is 1.13 bits per heavy atom. The summed E-state index contributed by atoms with van der Waals surface area (Å²) in [4.78, 5) is 24.8. The highest BCUT2D eigenvalue weighted by atomic mass is 35.5. The number of likely N-dealkylation sites (tertiary alicyclic amines) is 1. The average molecular weight is 455 g/mol. The second kappa shape index (κ2) is 9.45. The van der Waals surface area contributed by atoms with Crippen LogP contribution in [0.2, 0.25) is 5.02 Å². The summed E-state index contributed by atoms with van der Waals surface area (Å²) in [6.45, 7) is 5.48. The molecule has 0 radical (unpaired) electrons. The van der Waals surface area contributed by atoms with E-state index in [9.17, 15) is 4.79 Å². The number of nitrogens with one attached hydrogen (secondary N) is 1. The number of nitrogens with zero attached hydrogens (tertiary/aromatic N) is 3. The van der Waals surface area contributed by atoms with Crippen molar-refractivity contribution in [2.75, 3.05) is 24.2 Å². The number of carbonyl (C=O) groups is 1. The van der Waals surface area contributed by atoms with Crippen LogP contribution in [0.25, 0.3) is 0 Å². The van der Waals surface area contributed by atoms with E-state index in [0.717, 1.165) is 28.5 Å². The van der Waals surface area contributed by atoms with E-state index in [4.69, 9.17) is 21.6 Å². The lowest BCUT2D eigenvalue weighted by Gasteiger charge is -2.35. The first-order valence-electron chi connectivity index (χ1n) is 10.7. The summed E-state index contributed by atoms with van der Waals surface area (Å²) in [5.41, 5.74) is 3.51.